The number of nitrogens with one attached hydrogen (secondary N) is 1. The van der Waals surface area contributed by atoms with Crippen molar-refractivity contribution in [2.45, 2.75) is 33.2 Å². The van der Waals surface area contributed by atoms with Gasteiger partial charge in [0, 0.05) is 6.54 Å². The van der Waals surface area contributed by atoms with Gasteiger partial charge in [-0.2, -0.15) is 0 Å². The van der Waals surface area contributed by atoms with E-state index < -0.39 is 0 Å². The monoisotopic (exact) mass is 279 g/mol. The molecule has 4 N–H and O–H groups in total. The van der Waals surface area contributed by atoms with E-state index in [0.29, 0.717) is 11.3 Å². The minimum absolute atomic E-state index is 0.0588. The summed E-state index contributed by atoms with van der Waals surface area (Å²) in [5.41, 5.74) is 7.34. The molecule has 20 heavy (non-hydrogen) atoms. The van der Waals surface area contributed by atoms with Crippen LogP contribution in [0.2, 0.25) is 0 Å². The summed E-state index contributed by atoms with van der Waals surface area (Å²) < 4.78 is 5.20. The van der Waals surface area contributed by atoms with Crippen molar-refractivity contribution in [2.75, 3.05) is 13.7 Å². The van der Waals surface area contributed by atoms with Gasteiger partial charge in [-0.25, -0.2) is 0 Å². The molecule has 0 spiro atoms. The van der Waals surface area contributed by atoms with Crippen LogP contribution in [0.4, 0.5) is 0 Å². The first-order chi connectivity index (χ1) is 9.58. The summed E-state index contributed by atoms with van der Waals surface area (Å²) in [4.78, 5) is 0. The van der Waals surface area contributed by atoms with Gasteiger partial charge in [-0.15, -0.1) is 0 Å². The fourth-order valence-corrected chi connectivity index (χ4v) is 1.99. The standard InChI is InChI=1S/C15H25N3O2/c1-11(2)5-4-8-17-10-12-6-7-14(20-3)13(9-12)15(16)18-19/h6-7,9,11,17,19H,4-5,8,10H2,1-3H3,(H2,16,18). The lowest BCUT2D eigenvalue weighted by Crippen LogP contribution is -2.18. The average Bonchev–Trinajstić information content (AvgIpc) is 2.45. The van der Waals surface area contributed by atoms with Crippen molar-refractivity contribution in [2.24, 2.45) is 16.8 Å². The predicted octanol–water partition coefficient (Wildman–Crippen LogP) is 2.32. The van der Waals surface area contributed by atoms with Crippen molar-refractivity contribution in [3.63, 3.8) is 0 Å². The molecule has 0 heterocycles. The maximum absolute atomic E-state index is 8.79. The highest BCUT2D eigenvalue weighted by Crippen LogP contribution is 2.19. The van der Waals surface area contributed by atoms with E-state index >= 15 is 0 Å². The Balaban J connectivity index is 2.59. The number of amidine groups is 1. The molecule has 0 aromatic heterocycles. The first-order valence-corrected chi connectivity index (χ1v) is 6.94. The smallest absolute Gasteiger partial charge is 0.173 e. The second-order valence-corrected chi connectivity index (χ2v) is 5.23. The fourth-order valence-electron chi connectivity index (χ4n) is 1.99. The molecule has 1 aromatic rings. The third-order valence-corrected chi connectivity index (χ3v) is 3.11. The molecule has 0 aliphatic heterocycles. The number of oxime groups is 1. The van der Waals surface area contributed by atoms with Crippen LogP contribution < -0.4 is 15.8 Å². The zero-order valence-corrected chi connectivity index (χ0v) is 12.5. The van der Waals surface area contributed by atoms with Crippen LogP contribution in [0.25, 0.3) is 0 Å². The largest absolute Gasteiger partial charge is 0.496 e. The third kappa shape index (κ3) is 5.09. The molecule has 0 saturated carbocycles. The maximum atomic E-state index is 8.79. The molecule has 0 aliphatic rings. The molecule has 0 bridgehead atoms. The number of benzene rings is 1. The minimum Gasteiger partial charge on any atom is -0.496 e. The minimum atomic E-state index is 0.0588. The van der Waals surface area contributed by atoms with E-state index in [2.05, 4.69) is 24.3 Å². The average molecular weight is 279 g/mol. The van der Waals surface area contributed by atoms with Crippen LogP contribution in [-0.2, 0) is 6.54 Å². The van der Waals surface area contributed by atoms with E-state index in [1.807, 2.05) is 18.2 Å². The summed E-state index contributed by atoms with van der Waals surface area (Å²) in [6.45, 7) is 6.20. The van der Waals surface area contributed by atoms with Crippen molar-refractivity contribution >= 4 is 5.84 Å². The molecule has 1 aromatic carbocycles. The second kappa shape index (κ2) is 8.43. The highest BCUT2D eigenvalue weighted by molar-refractivity contribution is 5.99. The number of nitrogens with two attached hydrogens (primary N) is 1. The van der Waals surface area contributed by atoms with E-state index in [0.717, 1.165) is 24.6 Å². The quantitative estimate of drug-likeness (QED) is 0.224. The van der Waals surface area contributed by atoms with Gasteiger partial charge in [-0.05, 0) is 43.0 Å². The van der Waals surface area contributed by atoms with Crippen LogP contribution in [0.3, 0.4) is 0 Å². The Morgan fingerprint density at radius 1 is 1.45 bits per heavy atom. The lowest BCUT2D eigenvalue weighted by atomic mass is 10.1. The molecular weight excluding hydrogens is 254 g/mol. The van der Waals surface area contributed by atoms with E-state index in [1.165, 1.54) is 12.8 Å². The maximum Gasteiger partial charge on any atom is 0.173 e. The van der Waals surface area contributed by atoms with E-state index in [9.17, 15) is 0 Å². The van der Waals surface area contributed by atoms with Crippen molar-refractivity contribution in [1.29, 1.82) is 0 Å². The van der Waals surface area contributed by atoms with Crippen LogP contribution >= 0.6 is 0 Å². The van der Waals surface area contributed by atoms with Crippen molar-refractivity contribution < 1.29 is 9.94 Å². The van der Waals surface area contributed by atoms with E-state index in [-0.39, 0.29) is 5.84 Å². The van der Waals surface area contributed by atoms with Crippen molar-refractivity contribution in [3.05, 3.63) is 29.3 Å². The highest BCUT2D eigenvalue weighted by Gasteiger charge is 2.08. The van der Waals surface area contributed by atoms with Gasteiger partial charge < -0.3 is 21.0 Å². The summed E-state index contributed by atoms with van der Waals surface area (Å²) >= 11 is 0. The van der Waals surface area contributed by atoms with Gasteiger partial charge in [-0.1, -0.05) is 25.1 Å². The Hall–Kier alpha value is -1.75. The Kier molecular flexibility index (Phi) is 6.87. The zero-order valence-electron chi connectivity index (χ0n) is 12.5. The zero-order chi connectivity index (χ0) is 15.0. The number of hydrogen-bond acceptors (Lipinski definition) is 4. The molecule has 5 nitrogen and oxygen atoms in total. The van der Waals surface area contributed by atoms with Gasteiger partial charge in [0.15, 0.2) is 5.84 Å². The van der Waals surface area contributed by atoms with E-state index in [1.54, 1.807) is 7.11 Å². The number of methoxy groups -OCH3 is 1. The molecular formula is C15H25N3O2. The topological polar surface area (TPSA) is 79.9 Å². The summed E-state index contributed by atoms with van der Waals surface area (Å²) in [6.07, 6.45) is 2.39. The Morgan fingerprint density at radius 2 is 2.20 bits per heavy atom. The van der Waals surface area contributed by atoms with Gasteiger partial charge in [0.05, 0.1) is 12.7 Å². The van der Waals surface area contributed by atoms with Crippen LogP contribution in [0.5, 0.6) is 5.75 Å². The fraction of sp³-hybridized carbons (Fsp3) is 0.533. The van der Waals surface area contributed by atoms with Crippen LogP contribution in [0, 0.1) is 5.92 Å². The Morgan fingerprint density at radius 3 is 2.80 bits per heavy atom. The van der Waals surface area contributed by atoms with E-state index in [4.69, 9.17) is 15.7 Å². The number of ether oxygens (including phenoxy) is 1. The van der Waals surface area contributed by atoms with Gasteiger partial charge in [0.1, 0.15) is 5.75 Å². The molecule has 0 fully saturated rings. The molecule has 0 radical (unpaired) electrons. The molecule has 0 atom stereocenters. The van der Waals surface area contributed by atoms with Crippen molar-refractivity contribution in [3.8, 4) is 5.75 Å². The third-order valence-electron chi connectivity index (χ3n) is 3.11. The van der Waals surface area contributed by atoms with Gasteiger partial charge >= 0.3 is 0 Å². The first kappa shape index (κ1) is 16.3. The molecule has 1 rings (SSSR count). The molecule has 0 amide bonds. The van der Waals surface area contributed by atoms with Crippen LogP contribution in [0.15, 0.2) is 23.4 Å². The van der Waals surface area contributed by atoms with Crippen LogP contribution in [0.1, 0.15) is 37.8 Å². The SMILES string of the molecule is COc1ccc(CNCCCC(C)C)cc1C(N)=NO. The van der Waals surface area contributed by atoms with Gasteiger partial charge in [-0.3, -0.25) is 0 Å². The predicted molar refractivity (Wildman–Crippen MR) is 81.3 cm³/mol. The first-order valence-electron chi connectivity index (χ1n) is 6.94. The normalized spacial score (nSPS) is 11.9. The lowest BCUT2D eigenvalue weighted by Gasteiger charge is -2.11. The number of nitrogens with zero attached hydrogens (tertiary/aromatic N) is 1. The summed E-state index contributed by atoms with van der Waals surface area (Å²) in [5, 5.41) is 15.2. The molecule has 0 aliphatic carbocycles. The summed E-state index contributed by atoms with van der Waals surface area (Å²) in [5.74, 6) is 1.40. The second-order valence-electron chi connectivity index (χ2n) is 5.23. The molecule has 0 saturated heterocycles. The Bertz CT molecular complexity index is 445. The van der Waals surface area contributed by atoms with Crippen molar-refractivity contribution in [1.82, 2.24) is 5.32 Å². The molecule has 112 valence electrons. The molecule has 0 unspecified atom stereocenters. The van der Waals surface area contributed by atoms with Gasteiger partial charge in [0.25, 0.3) is 0 Å². The number of rotatable bonds is 8. The Labute approximate surface area is 120 Å². The van der Waals surface area contributed by atoms with Gasteiger partial charge in [0.2, 0.25) is 0 Å². The number of hydrogen-bond donors (Lipinski definition) is 3. The van der Waals surface area contributed by atoms with Crippen LogP contribution in [-0.4, -0.2) is 24.7 Å². The summed E-state index contributed by atoms with van der Waals surface area (Å²) in [7, 11) is 1.56. The molecule has 5 heteroatoms. The summed E-state index contributed by atoms with van der Waals surface area (Å²) in [6, 6.07) is 5.68. The highest BCUT2D eigenvalue weighted by atomic mass is 16.5. The lowest BCUT2D eigenvalue weighted by molar-refractivity contribution is 0.318.